The minimum atomic E-state index is -0.0152. The van der Waals surface area contributed by atoms with Crippen molar-refractivity contribution in [2.45, 2.75) is 6.42 Å². The molecule has 0 aliphatic carbocycles. The standard InChI is InChI=1S/C17H13ClN4O/c18-13-5-1-4-12-16(13)21-15(22-8-7-20-17(12)22)9-14(23)11-3-2-6-19-10-11/h1-6,10H,7-9H2. The van der Waals surface area contributed by atoms with Crippen molar-refractivity contribution in [1.82, 2.24) is 9.88 Å². The van der Waals surface area contributed by atoms with E-state index in [0.29, 0.717) is 28.7 Å². The molecule has 2 aliphatic rings. The van der Waals surface area contributed by atoms with Crippen LogP contribution in [0.2, 0.25) is 5.02 Å². The van der Waals surface area contributed by atoms with E-state index in [1.54, 1.807) is 30.6 Å². The molecule has 0 bridgehead atoms. The van der Waals surface area contributed by atoms with Gasteiger partial charge in [-0.25, -0.2) is 4.99 Å². The molecule has 0 radical (unpaired) electrons. The Balaban J connectivity index is 1.73. The van der Waals surface area contributed by atoms with Gasteiger partial charge in [0.15, 0.2) is 5.78 Å². The van der Waals surface area contributed by atoms with Crippen LogP contribution in [0.25, 0.3) is 0 Å². The van der Waals surface area contributed by atoms with Crippen LogP contribution in [-0.2, 0) is 0 Å². The van der Waals surface area contributed by atoms with Crippen molar-refractivity contribution < 1.29 is 4.79 Å². The second-order valence-electron chi connectivity index (χ2n) is 5.36. The number of para-hydroxylation sites is 1. The summed E-state index contributed by atoms with van der Waals surface area (Å²) in [5.74, 6) is 1.53. The lowest BCUT2D eigenvalue weighted by Crippen LogP contribution is -2.38. The summed E-state index contributed by atoms with van der Waals surface area (Å²) in [7, 11) is 0. The van der Waals surface area contributed by atoms with Crippen molar-refractivity contribution in [3.05, 3.63) is 58.9 Å². The lowest BCUT2D eigenvalue weighted by molar-refractivity contribution is 0.0998. The molecule has 0 saturated heterocycles. The summed E-state index contributed by atoms with van der Waals surface area (Å²) in [6.07, 6.45) is 3.43. The van der Waals surface area contributed by atoms with Crippen LogP contribution in [0.3, 0.4) is 0 Å². The summed E-state index contributed by atoms with van der Waals surface area (Å²) in [5, 5.41) is 0.572. The zero-order valence-electron chi connectivity index (χ0n) is 12.2. The Labute approximate surface area is 138 Å². The summed E-state index contributed by atoms with van der Waals surface area (Å²) in [6, 6.07) is 9.17. The third-order valence-electron chi connectivity index (χ3n) is 3.92. The summed E-state index contributed by atoms with van der Waals surface area (Å²) < 4.78 is 0. The van der Waals surface area contributed by atoms with Gasteiger partial charge in [0.1, 0.15) is 11.7 Å². The lowest BCUT2D eigenvalue weighted by Gasteiger charge is -2.27. The number of aliphatic imine (C=N–C) groups is 2. The molecule has 6 heteroatoms. The molecule has 114 valence electrons. The van der Waals surface area contributed by atoms with Gasteiger partial charge < -0.3 is 4.90 Å². The van der Waals surface area contributed by atoms with E-state index in [0.717, 1.165) is 17.9 Å². The average molecular weight is 325 g/mol. The van der Waals surface area contributed by atoms with E-state index in [4.69, 9.17) is 11.6 Å². The molecule has 0 spiro atoms. The molecule has 0 saturated carbocycles. The number of hydrogen-bond acceptors (Lipinski definition) is 5. The molecule has 4 rings (SSSR count). The van der Waals surface area contributed by atoms with Crippen LogP contribution in [0.4, 0.5) is 5.69 Å². The minimum absolute atomic E-state index is 0.0152. The molecule has 0 unspecified atom stereocenters. The van der Waals surface area contributed by atoms with E-state index in [2.05, 4.69) is 15.0 Å². The molecule has 3 heterocycles. The number of nitrogens with zero attached hydrogens (tertiary/aromatic N) is 4. The predicted molar refractivity (Wildman–Crippen MR) is 89.8 cm³/mol. The van der Waals surface area contributed by atoms with Gasteiger partial charge in [0.25, 0.3) is 0 Å². The van der Waals surface area contributed by atoms with Crippen molar-refractivity contribution in [3.8, 4) is 0 Å². The zero-order chi connectivity index (χ0) is 15.8. The van der Waals surface area contributed by atoms with Crippen molar-refractivity contribution >= 4 is 34.7 Å². The molecule has 5 nitrogen and oxygen atoms in total. The maximum absolute atomic E-state index is 12.5. The molecule has 0 amide bonds. The Morgan fingerprint density at radius 1 is 1.26 bits per heavy atom. The van der Waals surface area contributed by atoms with Crippen LogP contribution < -0.4 is 0 Å². The van der Waals surface area contributed by atoms with Crippen LogP contribution in [0.15, 0.2) is 52.7 Å². The Kier molecular flexibility index (Phi) is 3.42. The van der Waals surface area contributed by atoms with Crippen molar-refractivity contribution in [1.29, 1.82) is 0 Å². The first-order valence-corrected chi connectivity index (χ1v) is 7.73. The predicted octanol–water partition coefficient (Wildman–Crippen LogP) is 3.11. The fraction of sp³-hybridized carbons (Fsp3) is 0.176. The van der Waals surface area contributed by atoms with Gasteiger partial charge in [-0.2, -0.15) is 0 Å². The van der Waals surface area contributed by atoms with Crippen LogP contribution in [0.5, 0.6) is 0 Å². The third kappa shape index (κ3) is 2.43. The Morgan fingerprint density at radius 2 is 2.17 bits per heavy atom. The number of Topliss-reactive ketones (excluding diaryl/α,β-unsaturated/α-hetero) is 1. The number of ketones is 1. The van der Waals surface area contributed by atoms with E-state index in [1.165, 1.54) is 0 Å². The number of halogens is 1. The van der Waals surface area contributed by atoms with Crippen molar-refractivity contribution in [2.24, 2.45) is 9.98 Å². The Bertz CT molecular complexity index is 845. The minimum Gasteiger partial charge on any atom is -0.312 e. The highest BCUT2D eigenvalue weighted by molar-refractivity contribution is 6.35. The summed E-state index contributed by atoms with van der Waals surface area (Å²) in [6.45, 7) is 1.43. The Morgan fingerprint density at radius 3 is 3.00 bits per heavy atom. The molecule has 0 atom stereocenters. The SMILES string of the molecule is O=C(CC1=Nc2c(Cl)cccc2C2=NCCN12)c1cccnc1. The third-order valence-corrected chi connectivity index (χ3v) is 4.23. The van der Waals surface area contributed by atoms with Gasteiger partial charge in [-0.1, -0.05) is 17.7 Å². The molecular weight excluding hydrogens is 312 g/mol. The highest BCUT2D eigenvalue weighted by Gasteiger charge is 2.31. The van der Waals surface area contributed by atoms with Crippen molar-refractivity contribution in [3.63, 3.8) is 0 Å². The summed E-state index contributed by atoms with van der Waals surface area (Å²) in [5.41, 5.74) is 2.20. The molecule has 2 aliphatic heterocycles. The summed E-state index contributed by atoms with van der Waals surface area (Å²) in [4.78, 5) is 27.7. The quantitative estimate of drug-likeness (QED) is 0.815. The van der Waals surface area contributed by atoms with E-state index in [1.807, 2.05) is 17.0 Å². The smallest absolute Gasteiger partial charge is 0.171 e. The first-order chi connectivity index (χ1) is 11.2. The first-order valence-electron chi connectivity index (χ1n) is 7.36. The molecule has 0 N–H and O–H groups in total. The number of pyridine rings is 1. The van der Waals surface area contributed by atoms with Gasteiger partial charge in [0, 0.05) is 30.1 Å². The van der Waals surface area contributed by atoms with E-state index < -0.39 is 0 Å². The largest absolute Gasteiger partial charge is 0.312 e. The number of aromatic nitrogens is 1. The zero-order valence-corrected chi connectivity index (χ0v) is 13.0. The monoisotopic (exact) mass is 324 g/mol. The maximum Gasteiger partial charge on any atom is 0.171 e. The molecule has 2 aromatic rings. The van der Waals surface area contributed by atoms with Crippen LogP contribution >= 0.6 is 11.6 Å². The number of hydrogen-bond donors (Lipinski definition) is 0. The number of fused-ring (bicyclic) bond motifs is 3. The number of benzene rings is 1. The Hall–Kier alpha value is -2.53. The van der Waals surface area contributed by atoms with Crippen LogP contribution in [0.1, 0.15) is 22.3 Å². The van der Waals surface area contributed by atoms with Crippen molar-refractivity contribution in [2.75, 3.05) is 13.1 Å². The van der Waals surface area contributed by atoms with Gasteiger partial charge in [-0.3, -0.25) is 14.8 Å². The molecule has 1 aromatic carbocycles. The molecule has 1 aromatic heterocycles. The normalized spacial score (nSPS) is 15.6. The molecule has 0 fully saturated rings. The number of carbonyl (C=O) groups excluding carboxylic acids is 1. The van der Waals surface area contributed by atoms with Gasteiger partial charge in [0.05, 0.1) is 23.7 Å². The first kappa shape index (κ1) is 14.1. The second-order valence-corrected chi connectivity index (χ2v) is 5.77. The topological polar surface area (TPSA) is 57.9 Å². The fourth-order valence-corrected chi connectivity index (χ4v) is 3.05. The lowest BCUT2D eigenvalue weighted by atomic mass is 10.1. The average Bonchev–Trinajstić information content (AvgIpc) is 3.07. The van der Waals surface area contributed by atoms with Crippen LogP contribution in [-0.4, -0.2) is 40.4 Å². The second kappa shape index (κ2) is 5.59. The fourth-order valence-electron chi connectivity index (χ4n) is 2.84. The number of carbonyl (C=O) groups is 1. The number of rotatable bonds is 3. The van der Waals surface area contributed by atoms with Crippen LogP contribution in [0, 0.1) is 0 Å². The highest BCUT2D eigenvalue weighted by atomic mass is 35.5. The molecule has 23 heavy (non-hydrogen) atoms. The van der Waals surface area contributed by atoms with E-state index in [9.17, 15) is 4.79 Å². The van der Waals surface area contributed by atoms with Gasteiger partial charge in [-0.05, 0) is 24.3 Å². The maximum atomic E-state index is 12.5. The molecular formula is C17H13ClN4O. The van der Waals surface area contributed by atoms with Gasteiger partial charge >= 0.3 is 0 Å². The highest BCUT2D eigenvalue weighted by Crippen LogP contribution is 2.35. The number of amidine groups is 2. The van der Waals surface area contributed by atoms with Gasteiger partial charge in [-0.15, -0.1) is 0 Å². The van der Waals surface area contributed by atoms with E-state index >= 15 is 0 Å². The van der Waals surface area contributed by atoms with E-state index in [-0.39, 0.29) is 12.2 Å². The van der Waals surface area contributed by atoms with Gasteiger partial charge in [0.2, 0.25) is 0 Å². The summed E-state index contributed by atoms with van der Waals surface area (Å²) >= 11 is 6.28.